The highest BCUT2D eigenvalue weighted by atomic mass is 15.1. The fourth-order valence-corrected chi connectivity index (χ4v) is 2.04. The summed E-state index contributed by atoms with van der Waals surface area (Å²) in [6.45, 7) is 11.1. The van der Waals surface area contributed by atoms with Crippen molar-refractivity contribution in [2.75, 3.05) is 6.54 Å². The summed E-state index contributed by atoms with van der Waals surface area (Å²) in [5.41, 5.74) is 0.249. The minimum absolute atomic E-state index is 0.249. The van der Waals surface area contributed by atoms with E-state index in [1.54, 1.807) is 0 Å². The summed E-state index contributed by atoms with van der Waals surface area (Å²) in [4.78, 5) is 4.40. The van der Waals surface area contributed by atoms with Gasteiger partial charge in [0.15, 0.2) is 0 Å². The van der Waals surface area contributed by atoms with E-state index < -0.39 is 0 Å². The highest BCUT2D eigenvalue weighted by molar-refractivity contribution is 4.92. The Bertz CT molecular complexity index is 323. The number of rotatable bonds is 8. The van der Waals surface area contributed by atoms with Gasteiger partial charge in [0.25, 0.3) is 0 Å². The lowest BCUT2D eigenvalue weighted by atomic mass is 10.1. The van der Waals surface area contributed by atoms with E-state index in [1.165, 1.54) is 31.5 Å². The Morgan fingerprint density at radius 2 is 2.00 bits per heavy atom. The van der Waals surface area contributed by atoms with Gasteiger partial charge < -0.3 is 9.88 Å². The van der Waals surface area contributed by atoms with Crippen molar-refractivity contribution in [3.05, 3.63) is 18.2 Å². The zero-order chi connectivity index (χ0) is 13.4. The Labute approximate surface area is 112 Å². The largest absolute Gasteiger partial charge is 0.335 e. The average Bonchev–Trinajstić information content (AvgIpc) is 2.70. The van der Waals surface area contributed by atoms with Crippen LogP contribution < -0.4 is 5.32 Å². The first-order chi connectivity index (χ1) is 8.53. The fourth-order valence-electron chi connectivity index (χ4n) is 2.04. The van der Waals surface area contributed by atoms with E-state index in [0.29, 0.717) is 0 Å². The Kier molecular flexibility index (Phi) is 6.41. The lowest BCUT2D eigenvalue weighted by molar-refractivity contribution is 0.414. The van der Waals surface area contributed by atoms with Crippen LogP contribution in [0.2, 0.25) is 0 Å². The van der Waals surface area contributed by atoms with Crippen molar-refractivity contribution in [2.24, 2.45) is 0 Å². The summed E-state index contributed by atoms with van der Waals surface area (Å²) in [6, 6.07) is 0. The van der Waals surface area contributed by atoms with Crippen molar-refractivity contribution in [1.82, 2.24) is 14.9 Å². The first-order valence-corrected chi connectivity index (χ1v) is 7.28. The molecule has 0 radical (unpaired) electrons. The molecular formula is C15H29N3. The molecule has 0 saturated carbocycles. The van der Waals surface area contributed by atoms with Gasteiger partial charge >= 0.3 is 0 Å². The third-order valence-electron chi connectivity index (χ3n) is 3.01. The van der Waals surface area contributed by atoms with Gasteiger partial charge in [0, 0.05) is 30.9 Å². The lowest BCUT2D eigenvalue weighted by Crippen LogP contribution is -2.36. The molecule has 1 heterocycles. The van der Waals surface area contributed by atoms with Gasteiger partial charge in [0.2, 0.25) is 0 Å². The molecule has 3 nitrogen and oxygen atoms in total. The van der Waals surface area contributed by atoms with E-state index in [-0.39, 0.29) is 5.54 Å². The predicted octanol–water partition coefficient (Wildman–Crippen LogP) is 3.39. The summed E-state index contributed by atoms with van der Waals surface area (Å²) in [5.74, 6) is 1.24. The summed E-state index contributed by atoms with van der Waals surface area (Å²) in [7, 11) is 0. The number of hydrogen-bond donors (Lipinski definition) is 1. The van der Waals surface area contributed by atoms with Crippen LogP contribution in [0.15, 0.2) is 12.4 Å². The quantitative estimate of drug-likeness (QED) is 0.718. The second-order valence-electron chi connectivity index (χ2n) is 6.02. The van der Waals surface area contributed by atoms with Crippen molar-refractivity contribution >= 4 is 0 Å². The summed E-state index contributed by atoms with van der Waals surface area (Å²) < 4.78 is 2.31. The minimum atomic E-state index is 0.249. The first kappa shape index (κ1) is 15.2. The van der Waals surface area contributed by atoms with Crippen LogP contribution in [-0.4, -0.2) is 21.6 Å². The molecular weight excluding hydrogens is 222 g/mol. The number of nitrogens with one attached hydrogen (secondary N) is 1. The molecule has 1 N–H and O–H groups in total. The van der Waals surface area contributed by atoms with Gasteiger partial charge in [-0.2, -0.15) is 0 Å². The fraction of sp³-hybridized carbons (Fsp3) is 0.800. The van der Waals surface area contributed by atoms with Crippen molar-refractivity contribution in [2.45, 2.75) is 71.9 Å². The van der Waals surface area contributed by atoms with Crippen LogP contribution >= 0.6 is 0 Å². The zero-order valence-corrected chi connectivity index (χ0v) is 12.5. The molecule has 0 saturated heterocycles. The van der Waals surface area contributed by atoms with Gasteiger partial charge in [-0.15, -0.1) is 0 Å². The minimum Gasteiger partial charge on any atom is -0.335 e. The van der Waals surface area contributed by atoms with Crippen LogP contribution in [0.5, 0.6) is 0 Å². The smallest absolute Gasteiger partial charge is 0.108 e. The molecule has 0 fully saturated rings. The molecule has 18 heavy (non-hydrogen) atoms. The predicted molar refractivity (Wildman–Crippen MR) is 77.8 cm³/mol. The lowest BCUT2D eigenvalue weighted by Gasteiger charge is -2.20. The van der Waals surface area contributed by atoms with E-state index in [1.807, 2.05) is 6.20 Å². The normalized spacial score (nSPS) is 12.0. The third-order valence-corrected chi connectivity index (χ3v) is 3.01. The maximum Gasteiger partial charge on any atom is 0.108 e. The molecule has 0 aromatic carbocycles. The number of nitrogens with zero attached hydrogens (tertiary/aromatic N) is 2. The summed E-state index contributed by atoms with van der Waals surface area (Å²) in [5, 5.41) is 3.53. The van der Waals surface area contributed by atoms with Crippen LogP contribution in [0.4, 0.5) is 0 Å². The highest BCUT2D eigenvalue weighted by Crippen LogP contribution is 2.06. The SMILES string of the molecule is CCCc1nccn1CCCCCNC(C)(C)C. The molecule has 0 bridgehead atoms. The Morgan fingerprint density at radius 3 is 2.67 bits per heavy atom. The van der Waals surface area contributed by atoms with Gasteiger partial charge in [-0.3, -0.25) is 0 Å². The maximum atomic E-state index is 4.40. The van der Waals surface area contributed by atoms with Crippen LogP contribution in [0.1, 0.15) is 59.2 Å². The van der Waals surface area contributed by atoms with Gasteiger partial charge in [-0.05, 0) is 46.6 Å². The van der Waals surface area contributed by atoms with Crippen LogP contribution in [0.25, 0.3) is 0 Å². The van der Waals surface area contributed by atoms with Crippen LogP contribution in [0, 0.1) is 0 Å². The Morgan fingerprint density at radius 1 is 1.22 bits per heavy atom. The number of imidazole rings is 1. The second kappa shape index (κ2) is 7.57. The molecule has 1 rings (SSSR count). The van der Waals surface area contributed by atoms with E-state index in [9.17, 15) is 0 Å². The molecule has 0 unspecified atom stereocenters. The van der Waals surface area contributed by atoms with Crippen molar-refractivity contribution in [1.29, 1.82) is 0 Å². The molecule has 3 heteroatoms. The van der Waals surface area contributed by atoms with Gasteiger partial charge in [0.05, 0.1) is 0 Å². The molecule has 1 aromatic rings. The highest BCUT2D eigenvalue weighted by Gasteiger charge is 2.07. The average molecular weight is 251 g/mol. The standard InChI is InChI=1S/C15H29N3/c1-5-9-14-16-11-13-18(14)12-8-6-7-10-17-15(2,3)4/h11,13,17H,5-10,12H2,1-4H3. The zero-order valence-electron chi connectivity index (χ0n) is 12.5. The second-order valence-corrected chi connectivity index (χ2v) is 6.02. The first-order valence-electron chi connectivity index (χ1n) is 7.28. The van der Waals surface area contributed by atoms with E-state index >= 15 is 0 Å². The van der Waals surface area contributed by atoms with E-state index in [4.69, 9.17) is 0 Å². The van der Waals surface area contributed by atoms with Gasteiger partial charge in [-0.25, -0.2) is 4.98 Å². The molecule has 104 valence electrons. The summed E-state index contributed by atoms with van der Waals surface area (Å²) in [6.07, 6.45) is 10.1. The van der Waals surface area contributed by atoms with E-state index in [0.717, 1.165) is 19.5 Å². The molecule has 0 spiro atoms. The molecule has 0 aliphatic heterocycles. The molecule has 0 atom stereocenters. The van der Waals surface area contributed by atoms with Gasteiger partial charge in [-0.1, -0.05) is 13.3 Å². The number of aromatic nitrogens is 2. The van der Waals surface area contributed by atoms with Crippen LogP contribution in [-0.2, 0) is 13.0 Å². The van der Waals surface area contributed by atoms with Crippen molar-refractivity contribution in [3.63, 3.8) is 0 Å². The molecule has 0 amide bonds. The maximum absolute atomic E-state index is 4.40. The van der Waals surface area contributed by atoms with E-state index in [2.05, 4.69) is 48.8 Å². The molecule has 0 aliphatic carbocycles. The number of aryl methyl sites for hydroxylation is 2. The van der Waals surface area contributed by atoms with Crippen LogP contribution in [0.3, 0.4) is 0 Å². The Balaban J connectivity index is 2.12. The molecule has 0 aliphatic rings. The third kappa shape index (κ3) is 6.20. The monoisotopic (exact) mass is 251 g/mol. The number of unbranched alkanes of at least 4 members (excludes halogenated alkanes) is 2. The number of hydrogen-bond acceptors (Lipinski definition) is 2. The van der Waals surface area contributed by atoms with Crippen molar-refractivity contribution in [3.8, 4) is 0 Å². The van der Waals surface area contributed by atoms with Crippen molar-refractivity contribution < 1.29 is 0 Å². The van der Waals surface area contributed by atoms with Gasteiger partial charge in [0.1, 0.15) is 5.82 Å². The summed E-state index contributed by atoms with van der Waals surface area (Å²) >= 11 is 0. The molecule has 1 aromatic heterocycles. The topological polar surface area (TPSA) is 29.9 Å². The Hall–Kier alpha value is -0.830.